The highest BCUT2D eigenvalue weighted by atomic mass is 16.5. The average molecular weight is 135 g/mol. The Balaban J connectivity index is 2.87. The minimum atomic E-state index is 0.0532. The van der Waals surface area contributed by atoms with E-state index in [9.17, 15) is 0 Å². The van der Waals surface area contributed by atoms with E-state index in [1.165, 1.54) is 0 Å². The Morgan fingerprint density at radius 3 is 2.90 bits per heavy atom. The van der Waals surface area contributed by atoms with Crippen LogP contribution in [0.3, 0.4) is 0 Å². The first-order valence-electron chi connectivity index (χ1n) is 3.13. The number of hydrogen-bond donors (Lipinski definition) is 0. The van der Waals surface area contributed by atoms with Gasteiger partial charge in [0, 0.05) is 6.07 Å². The molecule has 0 amide bonds. The number of aryl methyl sites for hydroxylation is 1. The van der Waals surface area contributed by atoms with Crippen molar-refractivity contribution in [3.05, 3.63) is 17.5 Å². The Kier molecular flexibility index (Phi) is 1.77. The quantitative estimate of drug-likeness (QED) is 0.548. The van der Waals surface area contributed by atoms with Crippen LogP contribution in [0.4, 0.5) is 0 Å². The standard InChI is InChI=1S/C8H9NO/c1-4-6(2)8-5-7(3)10-9-8/h1,5-6H,2-3H3/t6-/m0/s1. The van der Waals surface area contributed by atoms with Crippen molar-refractivity contribution in [3.8, 4) is 12.3 Å². The predicted octanol–water partition coefficient (Wildman–Crippen LogP) is 1.72. The summed E-state index contributed by atoms with van der Waals surface area (Å²) < 4.78 is 4.84. The van der Waals surface area contributed by atoms with Crippen molar-refractivity contribution in [2.24, 2.45) is 0 Å². The zero-order chi connectivity index (χ0) is 7.56. The normalized spacial score (nSPS) is 12.5. The molecule has 52 valence electrons. The molecule has 0 aliphatic carbocycles. The number of aromatic nitrogens is 1. The van der Waals surface area contributed by atoms with Gasteiger partial charge in [-0.15, -0.1) is 6.42 Å². The third kappa shape index (κ3) is 1.19. The second-order valence-corrected chi connectivity index (χ2v) is 2.25. The molecule has 0 saturated heterocycles. The summed E-state index contributed by atoms with van der Waals surface area (Å²) in [7, 11) is 0. The second-order valence-electron chi connectivity index (χ2n) is 2.25. The molecule has 0 spiro atoms. The van der Waals surface area contributed by atoms with Gasteiger partial charge in [-0.2, -0.15) is 0 Å². The number of hydrogen-bond acceptors (Lipinski definition) is 2. The summed E-state index contributed by atoms with van der Waals surface area (Å²) in [5, 5.41) is 3.77. The molecule has 0 aromatic carbocycles. The molecule has 0 bridgehead atoms. The molecule has 0 radical (unpaired) electrons. The predicted molar refractivity (Wildman–Crippen MR) is 38.5 cm³/mol. The van der Waals surface area contributed by atoms with Crippen LogP contribution >= 0.6 is 0 Å². The molecule has 0 fully saturated rings. The van der Waals surface area contributed by atoms with E-state index in [2.05, 4.69) is 11.1 Å². The van der Waals surface area contributed by atoms with Gasteiger partial charge in [0.25, 0.3) is 0 Å². The van der Waals surface area contributed by atoms with Gasteiger partial charge in [0.15, 0.2) is 0 Å². The van der Waals surface area contributed by atoms with E-state index in [4.69, 9.17) is 10.9 Å². The average Bonchev–Trinajstić information content (AvgIpc) is 2.34. The molecule has 1 heterocycles. The first-order chi connectivity index (χ1) is 4.74. The third-order valence-corrected chi connectivity index (χ3v) is 1.34. The maximum Gasteiger partial charge on any atom is 0.133 e. The fourth-order valence-electron chi connectivity index (χ4n) is 0.675. The van der Waals surface area contributed by atoms with Crippen molar-refractivity contribution in [2.75, 3.05) is 0 Å². The molecule has 1 rings (SSSR count). The van der Waals surface area contributed by atoms with E-state index in [-0.39, 0.29) is 5.92 Å². The molecule has 1 aromatic heterocycles. The van der Waals surface area contributed by atoms with Gasteiger partial charge in [-0.25, -0.2) is 0 Å². The molecule has 2 heteroatoms. The number of terminal acetylenes is 1. The maximum atomic E-state index is 5.18. The van der Waals surface area contributed by atoms with E-state index in [0.717, 1.165) is 11.5 Å². The fourth-order valence-corrected chi connectivity index (χ4v) is 0.675. The Morgan fingerprint density at radius 2 is 2.50 bits per heavy atom. The minimum absolute atomic E-state index is 0.0532. The van der Waals surface area contributed by atoms with Gasteiger partial charge < -0.3 is 4.52 Å². The van der Waals surface area contributed by atoms with Crippen LogP contribution in [-0.4, -0.2) is 5.16 Å². The summed E-state index contributed by atoms with van der Waals surface area (Å²) in [6, 6.07) is 1.85. The van der Waals surface area contributed by atoms with Gasteiger partial charge in [0.2, 0.25) is 0 Å². The largest absolute Gasteiger partial charge is 0.361 e. The Hall–Kier alpha value is -1.23. The van der Waals surface area contributed by atoms with Crippen LogP contribution in [0.1, 0.15) is 24.3 Å². The van der Waals surface area contributed by atoms with E-state index in [1.807, 2.05) is 19.9 Å². The lowest BCUT2D eigenvalue weighted by Gasteiger charge is -1.92. The number of rotatable bonds is 1. The van der Waals surface area contributed by atoms with Crippen molar-refractivity contribution in [2.45, 2.75) is 19.8 Å². The zero-order valence-corrected chi connectivity index (χ0v) is 6.09. The summed E-state index contributed by atoms with van der Waals surface area (Å²) >= 11 is 0. The lowest BCUT2D eigenvalue weighted by molar-refractivity contribution is 0.390. The van der Waals surface area contributed by atoms with E-state index in [0.29, 0.717) is 0 Å². The molecule has 0 aliphatic rings. The highest BCUT2D eigenvalue weighted by molar-refractivity contribution is 5.17. The molecule has 2 nitrogen and oxygen atoms in total. The smallest absolute Gasteiger partial charge is 0.133 e. The van der Waals surface area contributed by atoms with Crippen LogP contribution in [0, 0.1) is 19.3 Å². The molecule has 0 N–H and O–H groups in total. The Bertz CT molecular complexity index is 256. The van der Waals surface area contributed by atoms with Crippen molar-refractivity contribution >= 4 is 0 Å². The SMILES string of the molecule is C#C[C@H](C)c1cc(C)on1. The van der Waals surface area contributed by atoms with Crippen molar-refractivity contribution in [3.63, 3.8) is 0 Å². The van der Waals surface area contributed by atoms with Crippen LogP contribution in [0.25, 0.3) is 0 Å². The van der Waals surface area contributed by atoms with Crippen molar-refractivity contribution < 1.29 is 4.52 Å². The minimum Gasteiger partial charge on any atom is -0.361 e. The van der Waals surface area contributed by atoms with E-state index in [1.54, 1.807) is 0 Å². The molecule has 0 saturated carbocycles. The van der Waals surface area contributed by atoms with Crippen LogP contribution in [-0.2, 0) is 0 Å². The summed E-state index contributed by atoms with van der Waals surface area (Å²) in [6.07, 6.45) is 5.18. The van der Waals surface area contributed by atoms with Crippen LogP contribution < -0.4 is 0 Å². The zero-order valence-electron chi connectivity index (χ0n) is 6.09. The molecule has 10 heavy (non-hydrogen) atoms. The molecule has 1 atom stereocenters. The third-order valence-electron chi connectivity index (χ3n) is 1.34. The Morgan fingerprint density at radius 1 is 1.80 bits per heavy atom. The van der Waals surface area contributed by atoms with Gasteiger partial charge in [-0.1, -0.05) is 11.1 Å². The molecule has 0 unspecified atom stereocenters. The topological polar surface area (TPSA) is 26.0 Å². The van der Waals surface area contributed by atoms with Gasteiger partial charge in [-0.05, 0) is 13.8 Å². The summed E-state index contributed by atoms with van der Waals surface area (Å²) in [5.74, 6) is 3.43. The van der Waals surface area contributed by atoms with Gasteiger partial charge in [0.05, 0.1) is 11.6 Å². The molecule has 1 aromatic rings. The fraction of sp³-hybridized carbons (Fsp3) is 0.375. The lowest BCUT2D eigenvalue weighted by atomic mass is 10.1. The van der Waals surface area contributed by atoms with E-state index >= 15 is 0 Å². The Labute approximate surface area is 60.2 Å². The molecular formula is C8H9NO. The van der Waals surface area contributed by atoms with Crippen molar-refractivity contribution in [1.29, 1.82) is 0 Å². The molecule has 0 aliphatic heterocycles. The summed E-state index contributed by atoms with van der Waals surface area (Å²) in [6.45, 7) is 3.76. The second kappa shape index (κ2) is 2.57. The number of nitrogens with zero attached hydrogens (tertiary/aromatic N) is 1. The van der Waals surface area contributed by atoms with Crippen LogP contribution in [0.15, 0.2) is 10.6 Å². The van der Waals surface area contributed by atoms with Crippen LogP contribution in [0.2, 0.25) is 0 Å². The van der Waals surface area contributed by atoms with Crippen molar-refractivity contribution in [1.82, 2.24) is 5.16 Å². The lowest BCUT2D eigenvalue weighted by Crippen LogP contribution is -1.87. The van der Waals surface area contributed by atoms with E-state index < -0.39 is 0 Å². The first kappa shape index (κ1) is 6.88. The summed E-state index contributed by atoms with van der Waals surface area (Å²) in [5.41, 5.74) is 0.833. The summed E-state index contributed by atoms with van der Waals surface area (Å²) in [4.78, 5) is 0. The van der Waals surface area contributed by atoms with Gasteiger partial charge in [0.1, 0.15) is 5.76 Å². The monoisotopic (exact) mass is 135 g/mol. The van der Waals surface area contributed by atoms with Gasteiger partial charge >= 0.3 is 0 Å². The molecular weight excluding hydrogens is 126 g/mol. The maximum absolute atomic E-state index is 5.18. The van der Waals surface area contributed by atoms with Gasteiger partial charge in [-0.3, -0.25) is 0 Å². The highest BCUT2D eigenvalue weighted by Gasteiger charge is 2.05. The highest BCUT2D eigenvalue weighted by Crippen LogP contribution is 2.12. The van der Waals surface area contributed by atoms with Crippen LogP contribution in [0.5, 0.6) is 0 Å². The first-order valence-corrected chi connectivity index (χ1v) is 3.13.